The van der Waals surface area contributed by atoms with Crippen molar-refractivity contribution in [2.75, 3.05) is 19.7 Å². The number of nitrogens with zero attached hydrogens (tertiary/aromatic N) is 2. The first-order chi connectivity index (χ1) is 8.83. The highest BCUT2D eigenvalue weighted by atomic mass is 79.9. The van der Waals surface area contributed by atoms with Crippen molar-refractivity contribution in [1.29, 1.82) is 0 Å². The Kier molecular flexibility index (Phi) is 4.10. The van der Waals surface area contributed by atoms with Crippen molar-refractivity contribution in [3.05, 3.63) is 37.4 Å². The van der Waals surface area contributed by atoms with Crippen molar-refractivity contribution in [2.24, 2.45) is 0 Å². The molecule has 0 unspecified atom stereocenters. The monoisotopic (exact) mass is 344 g/mol. The molecule has 0 saturated carbocycles. The normalized spacial score (nSPS) is 21.3. The van der Waals surface area contributed by atoms with Crippen LogP contribution >= 0.6 is 38.6 Å². The number of rotatable bonds is 3. The fourth-order valence-corrected chi connectivity index (χ4v) is 4.23. The smallest absolute Gasteiger partial charge is 0.123 e. The van der Waals surface area contributed by atoms with E-state index in [0.29, 0.717) is 0 Å². The Balaban J connectivity index is 1.66. The zero-order valence-corrected chi connectivity index (χ0v) is 12.9. The van der Waals surface area contributed by atoms with E-state index in [1.807, 2.05) is 11.6 Å². The maximum absolute atomic E-state index is 5.80. The van der Waals surface area contributed by atoms with Gasteiger partial charge in [0, 0.05) is 40.6 Å². The van der Waals surface area contributed by atoms with Crippen molar-refractivity contribution in [3.63, 3.8) is 0 Å². The maximum atomic E-state index is 5.80. The molecule has 1 fully saturated rings. The predicted molar refractivity (Wildman–Crippen MR) is 78.1 cm³/mol. The van der Waals surface area contributed by atoms with Gasteiger partial charge >= 0.3 is 0 Å². The summed E-state index contributed by atoms with van der Waals surface area (Å²) >= 11 is 7.06. The summed E-state index contributed by atoms with van der Waals surface area (Å²) in [6.45, 7) is 3.70. The molecule has 2 aromatic heterocycles. The Labute approximate surface area is 123 Å². The van der Waals surface area contributed by atoms with E-state index in [0.717, 1.165) is 31.2 Å². The third-order valence-corrected chi connectivity index (χ3v) is 5.71. The fraction of sp³-hybridized carbons (Fsp3) is 0.417. The van der Waals surface area contributed by atoms with Crippen molar-refractivity contribution in [1.82, 2.24) is 9.88 Å². The number of thiophene rings is 1. The summed E-state index contributed by atoms with van der Waals surface area (Å²) in [6.07, 6.45) is 1.98. The van der Waals surface area contributed by atoms with Gasteiger partial charge in [0.1, 0.15) is 11.1 Å². The third-order valence-electron chi connectivity index (χ3n) is 2.94. The molecular formula is C12H13BrN2OS2. The molecule has 0 amide bonds. The van der Waals surface area contributed by atoms with Crippen LogP contribution in [0.25, 0.3) is 0 Å². The van der Waals surface area contributed by atoms with E-state index < -0.39 is 0 Å². The molecule has 0 radical (unpaired) electrons. The first-order valence-corrected chi connectivity index (χ1v) is 8.33. The molecule has 1 aliphatic rings. The predicted octanol–water partition coefficient (Wildman–Crippen LogP) is 3.54. The van der Waals surface area contributed by atoms with Gasteiger partial charge in [-0.25, -0.2) is 4.98 Å². The van der Waals surface area contributed by atoms with E-state index in [-0.39, 0.29) is 6.10 Å². The number of halogens is 1. The number of ether oxygens (including phenoxy) is 1. The molecule has 2 aromatic rings. The van der Waals surface area contributed by atoms with Crippen LogP contribution in [0.1, 0.15) is 16.0 Å². The van der Waals surface area contributed by atoms with Crippen LogP contribution in [0.3, 0.4) is 0 Å². The second-order valence-corrected chi connectivity index (χ2v) is 6.94. The molecule has 1 atom stereocenters. The number of thiazole rings is 1. The molecular weight excluding hydrogens is 332 g/mol. The zero-order valence-electron chi connectivity index (χ0n) is 9.71. The van der Waals surface area contributed by atoms with Gasteiger partial charge in [0.15, 0.2) is 0 Å². The molecule has 3 rings (SSSR count). The Bertz CT molecular complexity index is 500. The number of aromatic nitrogens is 1. The molecule has 18 heavy (non-hydrogen) atoms. The van der Waals surface area contributed by atoms with E-state index in [1.54, 1.807) is 22.7 Å². The van der Waals surface area contributed by atoms with Gasteiger partial charge in [-0.15, -0.1) is 22.7 Å². The molecule has 0 spiro atoms. The molecule has 96 valence electrons. The quantitative estimate of drug-likeness (QED) is 0.851. The van der Waals surface area contributed by atoms with Gasteiger partial charge in [0.25, 0.3) is 0 Å². The molecule has 1 saturated heterocycles. The zero-order chi connectivity index (χ0) is 12.4. The van der Waals surface area contributed by atoms with Crippen LogP contribution in [0, 0.1) is 0 Å². The van der Waals surface area contributed by atoms with Crippen molar-refractivity contribution < 1.29 is 4.74 Å². The molecule has 1 aliphatic heterocycles. The van der Waals surface area contributed by atoms with E-state index in [4.69, 9.17) is 4.74 Å². The van der Waals surface area contributed by atoms with E-state index in [9.17, 15) is 0 Å². The molecule has 0 aliphatic carbocycles. The number of hydrogen-bond donors (Lipinski definition) is 0. The van der Waals surface area contributed by atoms with E-state index in [2.05, 4.69) is 37.3 Å². The molecule has 0 N–H and O–H groups in total. The largest absolute Gasteiger partial charge is 0.368 e. The third kappa shape index (κ3) is 2.83. The molecule has 0 bridgehead atoms. The Hall–Kier alpha value is -0.270. The van der Waals surface area contributed by atoms with Gasteiger partial charge in [-0.2, -0.15) is 0 Å². The van der Waals surface area contributed by atoms with Crippen molar-refractivity contribution >= 4 is 38.6 Å². The number of morpholine rings is 1. The lowest BCUT2D eigenvalue weighted by Crippen LogP contribution is -2.37. The van der Waals surface area contributed by atoms with E-state index >= 15 is 0 Å². The van der Waals surface area contributed by atoms with Gasteiger partial charge in [-0.3, -0.25) is 4.90 Å². The summed E-state index contributed by atoms with van der Waals surface area (Å²) in [6, 6.07) is 2.11. The van der Waals surface area contributed by atoms with Crippen LogP contribution in [0.5, 0.6) is 0 Å². The average Bonchev–Trinajstić information content (AvgIpc) is 3.02. The minimum absolute atomic E-state index is 0.137. The summed E-state index contributed by atoms with van der Waals surface area (Å²) < 4.78 is 7.01. The fourth-order valence-electron chi connectivity index (χ4n) is 2.03. The van der Waals surface area contributed by atoms with Gasteiger partial charge in [-0.05, 0) is 27.4 Å². The first kappa shape index (κ1) is 12.7. The Morgan fingerprint density at radius 2 is 2.39 bits per heavy atom. The summed E-state index contributed by atoms with van der Waals surface area (Å²) in [5.41, 5.74) is 0. The van der Waals surface area contributed by atoms with Gasteiger partial charge in [0.05, 0.1) is 6.61 Å². The minimum atomic E-state index is 0.137. The molecule has 6 heteroatoms. The Morgan fingerprint density at radius 3 is 3.11 bits per heavy atom. The van der Waals surface area contributed by atoms with Crippen molar-refractivity contribution in [2.45, 2.75) is 12.6 Å². The highest BCUT2D eigenvalue weighted by molar-refractivity contribution is 9.10. The topological polar surface area (TPSA) is 25.4 Å². The van der Waals surface area contributed by atoms with Crippen LogP contribution < -0.4 is 0 Å². The lowest BCUT2D eigenvalue weighted by molar-refractivity contribution is -0.0327. The van der Waals surface area contributed by atoms with Crippen LogP contribution in [-0.4, -0.2) is 29.6 Å². The van der Waals surface area contributed by atoms with Gasteiger partial charge < -0.3 is 4.74 Å². The second kappa shape index (κ2) is 5.79. The molecule has 3 heterocycles. The summed E-state index contributed by atoms with van der Waals surface area (Å²) in [7, 11) is 0. The van der Waals surface area contributed by atoms with Crippen LogP contribution in [0.2, 0.25) is 0 Å². The maximum Gasteiger partial charge on any atom is 0.123 e. The molecule has 0 aromatic carbocycles. The number of hydrogen-bond acceptors (Lipinski definition) is 5. The average molecular weight is 345 g/mol. The first-order valence-electron chi connectivity index (χ1n) is 5.78. The van der Waals surface area contributed by atoms with Crippen LogP contribution in [0.4, 0.5) is 0 Å². The highest BCUT2D eigenvalue weighted by Crippen LogP contribution is 2.28. The minimum Gasteiger partial charge on any atom is -0.368 e. The van der Waals surface area contributed by atoms with Crippen LogP contribution in [-0.2, 0) is 11.3 Å². The van der Waals surface area contributed by atoms with Crippen molar-refractivity contribution in [3.8, 4) is 0 Å². The summed E-state index contributed by atoms with van der Waals surface area (Å²) in [4.78, 5) is 8.17. The lowest BCUT2D eigenvalue weighted by Gasteiger charge is -2.31. The lowest BCUT2D eigenvalue weighted by atomic mass is 10.2. The van der Waals surface area contributed by atoms with Crippen LogP contribution in [0.15, 0.2) is 27.5 Å². The molecule has 3 nitrogen and oxygen atoms in total. The van der Waals surface area contributed by atoms with E-state index in [1.165, 1.54) is 9.35 Å². The second-order valence-electron chi connectivity index (χ2n) is 4.16. The Morgan fingerprint density at radius 1 is 1.44 bits per heavy atom. The highest BCUT2D eigenvalue weighted by Gasteiger charge is 2.24. The SMILES string of the molecule is Brc1ccsc1CN1CCO[C@H](c2nccs2)C1. The van der Waals surface area contributed by atoms with Gasteiger partial charge in [-0.1, -0.05) is 0 Å². The summed E-state index contributed by atoms with van der Waals surface area (Å²) in [5.74, 6) is 0. The summed E-state index contributed by atoms with van der Waals surface area (Å²) in [5, 5.41) is 5.22. The standard InChI is InChI=1S/C12H13BrN2OS2/c13-9-1-5-17-11(9)8-15-3-4-16-10(7-15)12-14-2-6-18-12/h1-2,5-6,10H,3-4,7-8H2/t10-/m0/s1. The van der Waals surface area contributed by atoms with Gasteiger partial charge in [0.2, 0.25) is 0 Å².